The van der Waals surface area contributed by atoms with Crippen molar-refractivity contribution < 1.29 is 4.79 Å². The van der Waals surface area contributed by atoms with E-state index in [1.54, 1.807) is 12.1 Å². The molecule has 0 radical (unpaired) electrons. The lowest BCUT2D eigenvalue weighted by atomic mass is 10.2. The van der Waals surface area contributed by atoms with E-state index in [0.717, 1.165) is 3.57 Å². The number of halogens is 2. The van der Waals surface area contributed by atoms with Crippen molar-refractivity contribution in [3.05, 3.63) is 32.4 Å². The number of rotatable bonds is 3. The van der Waals surface area contributed by atoms with Gasteiger partial charge in [-0.25, -0.2) is 0 Å². The van der Waals surface area contributed by atoms with Crippen molar-refractivity contribution in [2.75, 3.05) is 13.1 Å². The highest BCUT2D eigenvalue weighted by Gasteiger charge is 2.17. The first-order chi connectivity index (χ1) is 8.10. The second-order valence-electron chi connectivity index (χ2n) is 3.10. The minimum Gasteiger partial charge on any atom is -0.312 e. The summed E-state index contributed by atoms with van der Waals surface area (Å²) in [4.78, 5) is 13.2. The number of hydrogen-bond acceptors (Lipinski definition) is 3. The first-order valence-electron chi connectivity index (χ1n) is 4.58. The zero-order valence-corrected chi connectivity index (χ0v) is 11.6. The molecule has 1 rings (SSSR count). The van der Waals surface area contributed by atoms with Crippen LogP contribution < -0.4 is 0 Å². The molecule has 17 heavy (non-hydrogen) atoms. The van der Waals surface area contributed by atoms with Crippen molar-refractivity contribution in [1.29, 1.82) is 10.5 Å². The zero-order valence-electron chi connectivity index (χ0n) is 8.65. The smallest absolute Gasteiger partial charge is 0.256 e. The average Bonchev–Trinajstić information content (AvgIpc) is 2.31. The molecule has 0 aliphatic rings. The summed E-state index contributed by atoms with van der Waals surface area (Å²) in [5, 5.41) is 17.7. The Hall–Kier alpha value is -1.31. The van der Waals surface area contributed by atoms with E-state index >= 15 is 0 Å². The number of carbonyl (C=O) groups is 1. The molecule has 6 heteroatoms. The Morgan fingerprint density at radius 1 is 1.35 bits per heavy atom. The van der Waals surface area contributed by atoms with Crippen molar-refractivity contribution >= 4 is 40.1 Å². The van der Waals surface area contributed by atoms with E-state index in [4.69, 9.17) is 22.1 Å². The van der Waals surface area contributed by atoms with Crippen molar-refractivity contribution in [2.45, 2.75) is 0 Å². The van der Waals surface area contributed by atoms with Gasteiger partial charge in [0.05, 0.1) is 17.7 Å². The van der Waals surface area contributed by atoms with E-state index in [1.807, 2.05) is 34.7 Å². The highest BCUT2D eigenvalue weighted by Crippen LogP contribution is 2.19. The molecule has 0 heterocycles. The fourth-order valence-corrected chi connectivity index (χ4v) is 1.94. The van der Waals surface area contributed by atoms with Crippen LogP contribution in [-0.4, -0.2) is 23.9 Å². The summed E-state index contributed by atoms with van der Waals surface area (Å²) in [5.41, 5.74) is 0.406. The van der Waals surface area contributed by atoms with Crippen LogP contribution in [0.25, 0.3) is 0 Å². The van der Waals surface area contributed by atoms with Gasteiger partial charge in [-0.1, -0.05) is 11.6 Å². The van der Waals surface area contributed by atoms with Crippen LogP contribution in [-0.2, 0) is 0 Å². The minimum atomic E-state index is -0.361. The van der Waals surface area contributed by atoms with Gasteiger partial charge in [-0.05, 0) is 40.8 Å². The van der Waals surface area contributed by atoms with Gasteiger partial charge in [0.25, 0.3) is 5.91 Å². The Bertz CT molecular complexity index is 502. The van der Waals surface area contributed by atoms with Gasteiger partial charge in [0.15, 0.2) is 0 Å². The summed E-state index contributed by atoms with van der Waals surface area (Å²) in [6, 6.07) is 8.64. The first kappa shape index (κ1) is 13.8. The second kappa shape index (κ2) is 6.43. The Morgan fingerprint density at radius 2 is 1.94 bits per heavy atom. The third kappa shape index (κ3) is 3.58. The van der Waals surface area contributed by atoms with Gasteiger partial charge in [-0.2, -0.15) is 10.5 Å². The fraction of sp³-hybridized carbons (Fsp3) is 0.182. The standard InChI is InChI=1S/C11H7ClIN3O/c12-8-1-2-10(13)9(7-8)11(17)16(5-3-14)6-4-15/h1-2,7H,5-6H2. The van der Waals surface area contributed by atoms with Gasteiger partial charge in [0, 0.05) is 8.59 Å². The summed E-state index contributed by atoms with van der Waals surface area (Å²) in [6.07, 6.45) is 0. The number of nitrogens with zero attached hydrogens (tertiary/aromatic N) is 3. The number of nitriles is 2. The van der Waals surface area contributed by atoms with E-state index in [2.05, 4.69) is 0 Å². The molecule has 0 aliphatic heterocycles. The maximum absolute atomic E-state index is 12.1. The van der Waals surface area contributed by atoms with Crippen LogP contribution in [0.2, 0.25) is 5.02 Å². The molecule has 0 fully saturated rings. The molecule has 1 aromatic carbocycles. The van der Waals surface area contributed by atoms with E-state index in [0.29, 0.717) is 10.6 Å². The van der Waals surface area contributed by atoms with Crippen LogP contribution in [0.1, 0.15) is 10.4 Å². The topological polar surface area (TPSA) is 67.9 Å². The molecule has 0 N–H and O–H groups in total. The van der Waals surface area contributed by atoms with E-state index in [-0.39, 0.29) is 19.0 Å². The minimum absolute atomic E-state index is 0.116. The third-order valence-electron chi connectivity index (χ3n) is 1.97. The maximum Gasteiger partial charge on any atom is 0.256 e. The van der Waals surface area contributed by atoms with Crippen LogP contribution in [0.4, 0.5) is 0 Å². The number of carbonyl (C=O) groups excluding carboxylic acids is 1. The molecular formula is C11H7ClIN3O. The lowest BCUT2D eigenvalue weighted by molar-refractivity contribution is 0.0793. The zero-order chi connectivity index (χ0) is 12.8. The average molecular weight is 360 g/mol. The molecular weight excluding hydrogens is 352 g/mol. The molecule has 4 nitrogen and oxygen atoms in total. The highest BCUT2D eigenvalue weighted by molar-refractivity contribution is 14.1. The van der Waals surface area contributed by atoms with Crippen LogP contribution in [0.5, 0.6) is 0 Å². The van der Waals surface area contributed by atoms with Crippen LogP contribution in [0, 0.1) is 26.2 Å². The van der Waals surface area contributed by atoms with Gasteiger partial charge in [0.2, 0.25) is 0 Å². The normalized spacial score (nSPS) is 9.18. The van der Waals surface area contributed by atoms with E-state index < -0.39 is 0 Å². The van der Waals surface area contributed by atoms with Gasteiger partial charge >= 0.3 is 0 Å². The molecule has 0 saturated heterocycles. The van der Waals surface area contributed by atoms with Gasteiger partial charge in [-0.15, -0.1) is 0 Å². The van der Waals surface area contributed by atoms with Crippen LogP contribution in [0.3, 0.4) is 0 Å². The third-order valence-corrected chi connectivity index (χ3v) is 3.14. The quantitative estimate of drug-likeness (QED) is 0.615. The molecule has 0 atom stereocenters. The van der Waals surface area contributed by atoms with Gasteiger partial charge < -0.3 is 4.90 Å². The summed E-state index contributed by atoms with van der Waals surface area (Å²) >= 11 is 7.83. The summed E-state index contributed by atoms with van der Waals surface area (Å²) in [6.45, 7) is -0.232. The lowest BCUT2D eigenvalue weighted by Gasteiger charge is -2.16. The van der Waals surface area contributed by atoms with E-state index in [9.17, 15) is 4.79 Å². The van der Waals surface area contributed by atoms with Gasteiger partial charge in [-0.3, -0.25) is 4.79 Å². The predicted octanol–water partition coefficient (Wildman–Crippen LogP) is 2.43. The largest absolute Gasteiger partial charge is 0.312 e. The monoisotopic (exact) mass is 359 g/mol. The van der Waals surface area contributed by atoms with E-state index in [1.165, 1.54) is 11.0 Å². The van der Waals surface area contributed by atoms with Gasteiger partial charge in [0.1, 0.15) is 13.1 Å². The summed E-state index contributed by atoms with van der Waals surface area (Å²) in [5.74, 6) is -0.361. The Kier molecular flexibility index (Phi) is 5.20. The Labute approximate surface area is 118 Å². The molecule has 1 amide bonds. The lowest BCUT2D eigenvalue weighted by Crippen LogP contribution is -2.32. The molecule has 0 bridgehead atoms. The van der Waals surface area contributed by atoms with Crippen molar-refractivity contribution in [3.63, 3.8) is 0 Å². The molecule has 0 unspecified atom stereocenters. The maximum atomic E-state index is 12.1. The predicted molar refractivity (Wildman–Crippen MR) is 71.3 cm³/mol. The molecule has 0 aliphatic carbocycles. The number of hydrogen-bond donors (Lipinski definition) is 0. The van der Waals surface area contributed by atoms with Crippen molar-refractivity contribution in [3.8, 4) is 12.1 Å². The SMILES string of the molecule is N#CCN(CC#N)C(=O)c1cc(Cl)ccc1I. The second-order valence-corrected chi connectivity index (χ2v) is 4.70. The Morgan fingerprint density at radius 3 is 2.47 bits per heavy atom. The highest BCUT2D eigenvalue weighted by atomic mass is 127. The summed E-state index contributed by atoms with van der Waals surface area (Å²) in [7, 11) is 0. The van der Waals surface area contributed by atoms with Crippen LogP contribution in [0.15, 0.2) is 18.2 Å². The Balaban J connectivity index is 3.06. The van der Waals surface area contributed by atoms with Crippen molar-refractivity contribution in [1.82, 2.24) is 4.90 Å². The van der Waals surface area contributed by atoms with Crippen molar-refractivity contribution in [2.24, 2.45) is 0 Å². The summed E-state index contributed by atoms with van der Waals surface area (Å²) < 4.78 is 0.734. The number of amides is 1. The molecule has 86 valence electrons. The van der Waals surface area contributed by atoms with Crippen LogP contribution >= 0.6 is 34.2 Å². The molecule has 0 saturated carbocycles. The fourth-order valence-electron chi connectivity index (χ4n) is 1.20. The molecule has 1 aromatic rings. The number of benzene rings is 1. The molecule has 0 aromatic heterocycles. The first-order valence-corrected chi connectivity index (χ1v) is 6.04. The molecule has 0 spiro atoms.